The van der Waals surface area contributed by atoms with Crippen LogP contribution in [0.3, 0.4) is 0 Å². The first-order valence-corrected chi connectivity index (χ1v) is 14.7. The van der Waals surface area contributed by atoms with E-state index in [0.29, 0.717) is 56.7 Å². The van der Waals surface area contributed by atoms with E-state index in [2.05, 4.69) is 10.6 Å². The van der Waals surface area contributed by atoms with Gasteiger partial charge in [-0.1, -0.05) is 44.2 Å². The summed E-state index contributed by atoms with van der Waals surface area (Å²) in [7, 11) is 3.42. The molecule has 2 aromatic rings. The number of urea groups is 1. The van der Waals surface area contributed by atoms with Crippen LogP contribution in [0.15, 0.2) is 42.5 Å². The van der Waals surface area contributed by atoms with Crippen LogP contribution in [0.5, 0.6) is 11.5 Å². The van der Waals surface area contributed by atoms with Gasteiger partial charge in [0.25, 0.3) is 0 Å². The molecule has 2 amide bonds. The fraction of sp³-hybridized carbons (Fsp3) is 0.594. The molecular weight excluding hydrogens is 525 g/mol. The van der Waals surface area contributed by atoms with Crippen molar-refractivity contribution < 1.29 is 28.9 Å². The molecule has 228 valence electrons. The summed E-state index contributed by atoms with van der Waals surface area (Å²) in [5.74, 6) is -0.414. The Morgan fingerprint density at radius 1 is 1.20 bits per heavy atom. The van der Waals surface area contributed by atoms with Gasteiger partial charge in [0.15, 0.2) is 11.6 Å². The molecule has 0 spiro atoms. The number of nitrogens with one attached hydrogen (secondary N) is 2. The zero-order valence-corrected chi connectivity index (χ0v) is 25.2. The van der Waals surface area contributed by atoms with E-state index in [0.717, 1.165) is 12.0 Å². The molecule has 1 aliphatic rings. The maximum Gasteiger partial charge on any atom is 0.317 e. The number of hydrogen-bond acceptors (Lipinski definition) is 6. The Balaban J connectivity index is 1.93. The monoisotopic (exact) mass is 573 g/mol. The van der Waals surface area contributed by atoms with Crippen LogP contribution >= 0.6 is 0 Å². The van der Waals surface area contributed by atoms with Crippen LogP contribution in [0.1, 0.15) is 57.1 Å². The predicted molar refractivity (Wildman–Crippen MR) is 159 cm³/mol. The number of nitrogens with zero attached hydrogens (tertiary/aromatic N) is 1. The number of likely N-dealkylation sites (N-methyl/N-ethyl adjacent to an activating group) is 1. The molecule has 1 fully saturated rings. The molecule has 1 heterocycles. The molecule has 3 rings (SSSR count). The van der Waals surface area contributed by atoms with Crippen molar-refractivity contribution in [1.29, 1.82) is 0 Å². The maximum atomic E-state index is 15.4. The lowest BCUT2D eigenvalue weighted by atomic mass is 9.73. The van der Waals surface area contributed by atoms with Crippen molar-refractivity contribution >= 4 is 6.03 Å². The summed E-state index contributed by atoms with van der Waals surface area (Å²) < 4.78 is 26.8. The molecule has 0 aromatic heterocycles. The number of carbonyl (C=O) groups excluding carboxylic acids is 1. The number of likely N-dealkylation sites (tertiary alicyclic amines) is 1. The fourth-order valence-electron chi connectivity index (χ4n) is 5.68. The van der Waals surface area contributed by atoms with Crippen molar-refractivity contribution in [2.75, 3.05) is 40.4 Å². The standard InChI is InChI=1S/C32H48FN3O5/c1-22(2)29(37)27(20-34-4)35-31(38)36-18-11-13-24(21-36)32(39,17-8-9-19-40-5)25-14-10-15-26(33)30(25)41-28-16-7-6-12-23(28)3/h6-7,10,12,14-16,22,24,27,29,34,37,39H,8-9,11,13,17-21H2,1-5H3,(H,35,38)/t24-,27-,29+,32+/m1/s1. The molecule has 9 heteroatoms. The van der Waals surface area contributed by atoms with Gasteiger partial charge in [-0.3, -0.25) is 0 Å². The zero-order chi connectivity index (χ0) is 30.0. The number of unbranched alkanes of at least 4 members (excludes halogenated alkanes) is 1. The van der Waals surface area contributed by atoms with Crippen molar-refractivity contribution in [3.8, 4) is 11.5 Å². The SMILES string of the molecule is CNC[C@@H](NC(=O)N1CCC[C@@H]([C@@](O)(CCCCOC)c2cccc(F)c2Oc2ccccc2C)C1)[C@@H](O)C(C)C. The summed E-state index contributed by atoms with van der Waals surface area (Å²) >= 11 is 0. The first-order valence-electron chi connectivity index (χ1n) is 14.7. The predicted octanol–water partition coefficient (Wildman–Crippen LogP) is 4.96. The molecule has 2 aromatic carbocycles. The summed E-state index contributed by atoms with van der Waals surface area (Å²) in [4.78, 5) is 15.1. The third-order valence-corrected chi connectivity index (χ3v) is 8.11. The molecule has 0 saturated carbocycles. The Labute approximate surface area is 244 Å². The maximum absolute atomic E-state index is 15.4. The Morgan fingerprint density at radius 2 is 1.95 bits per heavy atom. The minimum atomic E-state index is -1.45. The molecule has 0 bridgehead atoms. The number of carbonyl (C=O) groups is 1. The third-order valence-electron chi connectivity index (χ3n) is 8.11. The first kappa shape index (κ1) is 32.8. The van der Waals surface area contributed by atoms with E-state index >= 15 is 4.39 Å². The fourth-order valence-corrected chi connectivity index (χ4v) is 5.68. The normalized spacial score (nSPS) is 18.6. The summed E-state index contributed by atoms with van der Waals surface area (Å²) in [5, 5.41) is 29.2. The molecule has 4 N–H and O–H groups in total. The van der Waals surface area contributed by atoms with Crippen LogP contribution < -0.4 is 15.4 Å². The molecule has 8 nitrogen and oxygen atoms in total. The smallest absolute Gasteiger partial charge is 0.317 e. The van der Waals surface area contributed by atoms with Crippen molar-refractivity contribution in [2.45, 2.75) is 70.6 Å². The Bertz CT molecular complexity index is 1120. The Hall–Kier alpha value is -2.72. The number of para-hydroxylation sites is 2. The van der Waals surface area contributed by atoms with Gasteiger partial charge in [0.2, 0.25) is 0 Å². The third kappa shape index (κ3) is 8.41. The molecule has 0 unspecified atom stereocenters. The van der Waals surface area contributed by atoms with Crippen LogP contribution in [0.25, 0.3) is 0 Å². The number of benzene rings is 2. The Kier molecular flexibility index (Phi) is 12.4. The highest BCUT2D eigenvalue weighted by atomic mass is 19.1. The number of halogens is 1. The van der Waals surface area contributed by atoms with E-state index in [1.54, 1.807) is 37.3 Å². The number of aliphatic hydroxyl groups excluding tert-OH is 1. The lowest BCUT2D eigenvalue weighted by Gasteiger charge is -2.43. The molecule has 4 atom stereocenters. The Morgan fingerprint density at radius 3 is 2.63 bits per heavy atom. The van der Waals surface area contributed by atoms with E-state index in [9.17, 15) is 15.0 Å². The van der Waals surface area contributed by atoms with E-state index in [-0.39, 0.29) is 30.2 Å². The van der Waals surface area contributed by atoms with Gasteiger partial charge in [-0.2, -0.15) is 0 Å². The van der Waals surface area contributed by atoms with E-state index < -0.39 is 23.6 Å². The van der Waals surface area contributed by atoms with Gasteiger partial charge in [0.1, 0.15) is 5.75 Å². The molecular formula is C32H48FN3O5. The van der Waals surface area contributed by atoms with Gasteiger partial charge in [-0.25, -0.2) is 9.18 Å². The highest BCUT2D eigenvalue weighted by molar-refractivity contribution is 5.74. The lowest BCUT2D eigenvalue weighted by molar-refractivity contribution is -0.0580. The van der Waals surface area contributed by atoms with Crippen LogP contribution in [0.2, 0.25) is 0 Å². The molecule has 41 heavy (non-hydrogen) atoms. The second kappa shape index (κ2) is 15.5. The summed E-state index contributed by atoms with van der Waals surface area (Å²) in [5.41, 5.74) is -0.214. The highest BCUT2D eigenvalue weighted by Crippen LogP contribution is 2.45. The van der Waals surface area contributed by atoms with Crippen LogP contribution in [0, 0.1) is 24.6 Å². The average molecular weight is 574 g/mol. The van der Waals surface area contributed by atoms with E-state index in [4.69, 9.17) is 9.47 Å². The van der Waals surface area contributed by atoms with Crippen LogP contribution in [-0.2, 0) is 10.3 Å². The lowest BCUT2D eigenvalue weighted by Crippen LogP contribution is -2.57. The molecule has 0 aliphatic carbocycles. The van der Waals surface area contributed by atoms with Gasteiger partial charge in [-0.05, 0) is 69.7 Å². The summed E-state index contributed by atoms with van der Waals surface area (Å²) in [6, 6.07) is 11.3. The van der Waals surface area contributed by atoms with Crippen LogP contribution in [0.4, 0.5) is 9.18 Å². The molecule has 0 radical (unpaired) electrons. The largest absolute Gasteiger partial charge is 0.454 e. The average Bonchev–Trinajstić information content (AvgIpc) is 2.96. The second-order valence-electron chi connectivity index (χ2n) is 11.5. The van der Waals surface area contributed by atoms with Crippen molar-refractivity contribution in [1.82, 2.24) is 15.5 Å². The van der Waals surface area contributed by atoms with Gasteiger partial charge >= 0.3 is 6.03 Å². The number of aliphatic hydroxyl groups is 2. The van der Waals surface area contributed by atoms with Crippen LogP contribution in [-0.4, -0.2) is 73.7 Å². The van der Waals surface area contributed by atoms with Gasteiger partial charge in [-0.15, -0.1) is 0 Å². The van der Waals surface area contributed by atoms with E-state index in [1.807, 2.05) is 39.0 Å². The van der Waals surface area contributed by atoms with Gasteiger partial charge < -0.3 is 35.2 Å². The van der Waals surface area contributed by atoms with Crippen molar-refractivity contribution in [3.63, 3.8) is 0 Å². The zero-order valence-electron chi connectivity index (χ0n) is 25.2. The summed E-state index contributed by atoms with van der Waals surface area (Å²) in [6.07, 6.45) is 2.39. The minimum absolute atomic E-state index is 0.00626. The topological polar surface area (TPSA) is 103 Å². The van der Waals surface area contributed by atoms with Gasteiger partial charge in [0.05, 0.1) is 17.7 Å². The minimum Gasteiger partial charge on any atom is -0.454 e. The highest BCUT2D eigenvalue weighted by Gasteiger charge is 2.44. The summed E-state index contributed by atoms with van der Waals surface area (Å²) in [6.45, 7) is 7.51. The van der Waals surface area contributed by atoms with Gasteiger partial charge in [0, 0.05) is 44.8 Å². The molecule has 1 saturated heterocycles. The number of amides is 2. The number of aryl methyl sites for hydroxylation is 1. The quantitative estimate of drug-likeness (QED) is 0.238. The van der Waals surface area contributed by atoms with E-state index in [1.165, 1.54) is 6.07 Å². The first-order chi connectivity index (χ1) is 19.6. The number of ether oxygens (including phenoxy) is 2. The number of piperidine rings is 1. The van der Waals surface area contributed by atoms with Crippen molar-refractivity contribution in [3.05, 3.63) is 59.4 Å². The number of methoxy groups -OCH3 is 1. The second-order valence-corrected chi connectivity index (χ2v) is 11.5. The number of hydrogen-bond donors (Lipinski definition) is 4. The number of rotatable bonds is 14. The van der Waals surface area contributed by atoms with Crippen molar-refractivity contribution in [2.24, 2.45) is 11.8 Å². The molecule has 1 aliphatic heterocycles.